The molecule has 4 heteroatoms. The molecule has 0 saturated carbocycles. The van der Waals surface area contributed by atoms with E-state index in [0.29, 0.717) is 6.61 Å². The second kappa shape index (κ2) is 8.76. The number of fused-ring (bicyclic) bond motifs is 1. The summed E-state index contributed by atoms with van der Waals surface area (Å²) in [7, 11) is 8.24. The fraction of sp³-hybridized carbons (Fsp3) is 0.259. The van der Waals surface area contributed by atoms with Crippen molar-refractivity contribution in [3.05, 3.63) is 89.6 Å². The minimum Gasteiger partial charge on any atom is -0.492 e. The van der Waals surface area contributed by atoms with E-state index in [-0.39, 0.29) is 5.92 Å². The number of rotatable bonds is 7. The smallest absolute Gasteiger partial charge is 0.142 e. The summed E-state index contributed by atoms with van der Waals surface area (Å²) in [5, 5.41) is 1.25. The Hall–Kier alpha value is -3.40. The van der Waals surface area contributed by atoms with Gasteiger partial charge in [0.2, 0.25) is 0 Å². The number of ether oxygens (including phenoxy) is 1. The number of anilines is 2. The molecule has 1 aromatic heterocycles. The fourth-order valence-electron chi connectivity index (χ4n) is 4.20. The van der Waals surface area contributed by atoms with Crippen LogP contribution in [0.2, 0.25) is 0 Å². The number of hydrogen-bond acceptors (Lipinski definition) is 3. The SMILES string of the molecule is CCOc1cc(C(c2ccc(N(C)C)cc2)c2c[nH]c3ccccc23)ccc1N(C)C. The number of aromatic amines is 1. The third kappa shape index (κ3) is 4.11. The van der Waals surface area contributed by atoms with Gasteiger partial charge < -0.3 is 19.5 Å². The molecule has 4 rings (SSSR count). The van der Waals surface area contributed by atoms with E-state index in [1.807, 2.05) is 6.92 Å². The second-order valence-electron chi connectivity index (χ2n) is 8.26. The van der Waals surface area contributed by atoms with E-state index < -0.39 is 0 Å². The Balaban J connectivity index is 1.89. The van der Waals surface area contributed by atoms with Crippen molar-refractivity contribution in [1.82, 2.24) is 4.98 Å². The van der Waals surface area contributed by atoms with Crippen molar-refractivity contribution in [3.63, 3.8) is 0 Å². The van der Waals surface area contributed by atoms with Gasteiger partial charge in [0, 0.05) is 56.9 Å². The molecule has 1 unspecified atom stereocenters. The van der Waals surface area contributed by atoms with Crippen LogP contribution in [0.4, 0.5) is 11.4 Å². The summed E-state index contributed by atoms with van der Waals surface area (Å²) in [5.74, 6) is 1.02. The Bertz CT molecular complexity index is 1160. The first-order chi connectivity index (χ1) is 15.0. The Labute approximate surface area is 185 Å². The van der Waals surface area contributed by atoms with E-state index in [9.17, 15) is 0 Å². The number of H-pyrrole nitrogens is 1. The molecule has 0 saturated heterocycles. The van der Waals surface area contributed by atoms with Crippen molar-refractivity contribution >= 4 is 22.3 Å². The summed E-state index contributed by atoms with van der Waals surface area (Å²) < 4.78 is 6.02. The lowest BCUT2D eigenvalue weighted by atomic mass is 9.84. The fourth-order valence-corrected chi connectivity index (χ4v) is 4.20. The zero-order valence-corrected chi connectivity index (χ0v) is 19.0. The predicted molar refractivity (Wildman–Crippen MR) is 132 cm³/mol. The Morgan fingerprint density at radius 2 is 1.55 bits per heavy atom. The number of para-hydroxylation sites is 1. The highest BCUT2D eigenvalue weighted by molar-refractivity contribution is 5.85. The van der Waals surface area contributed by atoms with E-state index in [1.165, 1.54) is 27.8 Å². The molecular formula is C27H31N3O. The Morgan fingerprint density at radius 1 is 0.839 bits per heavy atom. The highest BCUT2D eigenvalue weighted by atomic mass is 16.5. The van der Waals surface area contributed by atoms with Gasteiger partial charge in [-0.25, -0.2) is 0 Å². The molecule has 160 valence electrons. The van der Waals surface area contributed by atoms with E-state index in [1.54, 1.807) is 0 Å². The van der Waals surface area contributed by atoms with Crippen molar-refractivity contribution in [3.8, 4) is 5.75 Å². The monoisotopic (exact) mass is 413 g/mol. The molecule has 0 radical (unpaired) electrons. The van der Waals surface area contributed by atoms with Crippen LogP contribution in [0.15, 0.2) is 72.9 Å². The third-order valence-corrected chi connectivity index (χ3v) is 5.77. The molecule has 1 heterocycles. The van der Waals surface area contributed by atoms with E-state index in [2.05, 4.69) is 116 Å². The molecule has 0 spiro atoms. The zero-order valence-electron chi connectivity index (χ0n) is 19.0. The number of aromatic nitrogens is 1. The van der Waals surface area contributed by atoms with Gasteiger partial charge in [0.15, 0.2) is 0 Å². The van der Waals surface area contributed by atoms with Gasteiger partial charge in [-0.15, -0.1) is 0 Å². The average Bonchev–Trinajstić information content (AvgIpc) is 3.18. The number of hydrogen-bond donors (Lipinski definition) is 1. The molecule has 0 bridgehead atoms. The highest BCUT2D eigenvalue weighted by Crippen LogP contribution is 2.40. The quantitative estimate of drug-likeness (QED) is 0.411. The van der Waals surface area contributed by atoms with Gasteiger partial charge in [-0.05, 0) is 53.9 Å². The van der Waals surface area contributed by atoms with Gasteiger partial charge in [0.1, 0.15) is 5.75 Å². The largest absolute Gasteiger partial charge is 0.492 e. The highest BCUT2D eigenvalue weighted by Gasteiger charge is 2.22. The van der Waals surface area contributed by atoms with Crippen LogP contribution >= 0.6 is 0 Å². The normalized spacial score (nSPS) is 12.0. The summed E-state index contributed by atoms with van der Waals surface area (Å²) in [6, 6.07) is 23.9. The van der Waals surface area contributed by atoms with E-state index >= 15 is 0 Å². The van der Waals surface area contributed by atoms with Crippen molar-refractivity contribution in [2.75, 3.05) is 44.6 Å². The van der Waals surface area contributed by atoms with Crippen molar-refractivity contribution in [2.45, 2.75) is 12.8 Å². The van der Waals surface area contributed by atoms with Crippen LogP contribution in [0.25, 0.3) is 10.9 Å². The standard InChI is InChI=1S/C27H31N3O/c1-6-31-26-17-20(13-16-25(26)30(4)5)27(19-11-14-21(15-12-19)29(2)3)23-18-28-24-10-8-7-9-22(23)24/h7-18,27-28H,6H2,1-5H3. The van der Waals surface area contributed by atoms with Gasteiger partial charge in [0.25, 0.3) is 0 Å². The number of nitrogens with one attached hydrogen (secondary N) is 1. The van der Waals surface area contributed by atoms with Gasteiger partial charge in [-0.3, -0.25) is 0 Å². The molecule has 31 heavy (non-hydrogen) atoms. The van der Waals surface area contributed by atoms with E-state index in [0.717, 1.165) is 17.0 Å². The zero-order chi connectivity index (χ0) is 22.0. The molecule has 4 aromatic rings. The summed E-state index contributed by atoms with van der Waals surface area (Å²) in [6.45, 7) is 2.67. The predicted octanol–water partition coefficient (Wildman–Crippen LogP) is 5.88. The Morgan fingerprint density at radius 3 is 2.23 bits per heavy atom. The molecule has 0 amide bonds. The maximum atomic E-state index is 6.02. The number of nitrogens with zero attached hydrogens (tertiary/aromatic N) is 2. The molecule has 0 fully saturated rings. The number of benzene rings is 3. The average molecular weight is 414 g/mol. The van der Waals surface area contributed by atoms with E-state index in [4.69, 9.17) is 4.74 Å². The van der Waals surface area contributed by atoms with Crippen LogP contribution in [0.5, 0.6) is 5.75 Å². The second-order valence-corrected chi connectivity index (χ2v) is 8.26. The molecule has 1 N–H and O–H groups in total. The lowest BCUT2D eigenvalue weighted by Gasteiger charge is -2.23. The lowest BCUT2D eigenvalue weighted by Crippen LogP contribution is -2.12. The molecule has 3 aromatic carbocycles. The van der Waals surface area contributed by atoms with Crippen LogP contribution in [0.3, 0.4) is 0 Å². The molecule has 0 aliphatic heterocycles. The summed E-state index contributed by atoms with van der Waals surface area (Å²) in [5.41, 5.74) is 7.19. The Kier molecular flexibility index (Phi) is 5.90. The molecule has 0 aliphatic rings. The van der Waals surface area contributed by atoms with Crippen LogP contribution in [0, 0.1) is 0 Å². The lowest BCUT2D eigenvalue weighted by molar-refractivity contribution is 0.340. The van der Waals surface area contributed by atoms with Crippen molar-refractivity contribution < 1.29 is 4.74 Å². The molecule has 0 aliphatic carbocycles. The summed E-state index contributed by atoms with van der Waals surface area (Å²) >= 11 is 0. The van der Waals surface area contributed by atoms with Gasteiger partial charge in [-0.2, -0.15) is 0 Å². The van der Waals surface area contributed by atoms with Crippen LogP contribution in [-0.4, -0.2) is 39.8 Å². The maximum absolute atomic E-state index is 6.02. The van der Waals surface area contributed by atoms with Crippen LogP contribution < -0.4 is 14.5 Å². The van der Waals surface area contributed by atoms with Gasteiger partial charge in [0.05, 0.1) is 12.3 Å². The van der Waals surface area contributed by atoms with Crippen molar-refractivity contribution in [2.24, 2.45) is 0 Å². The van der Waals surface area contributed by atoms with Crippen LogP contribution in [-0.2, 0) is 0 Å². The van der Waals surface area contributed by atoms with Gasteiger partial charge in [-0.1, -0.05) is 36.4 Å². The summed E-state index contributed by atoms with van der Waals surface area (Å²) in [6.07, 6.45) is 2.15. The van der Waals surface area contributed by atoms with Gasteiger partial charge >= 0.3 is 0 Å². The first-order valence-corrected chi connectivity index (χ1v) is 10.8. The molecular weight excluding hydrogens is 382 g/mol. The van der Waals surface area contributed by atoms with Crippen LogP contribution in [0.1, 0.15) is 29.5 Å². The maximum Gasteiger partial charge on any atom is 0.142 e. The third-order valence-electron chi connectivity index (χ3n) is 5.77. The minimum absolute atomic E-state index is 0.0998. The topological polar surface area (TPSA) is 31.5 Å². The minimum atomic E-state index is 0.0998. The first-order valence-electron chi connectivity index (χ1n) is 10.8. The van der Waals surface area contributed by atoms with Crippen molar-refractivity contribution in [1.29, 1.82) is 0 Å². The summed E-state index contributed by atoms with van der Waals surface area (Å²) in [4.78, 5) is 7.69. The first kappa shape index (κ1) is 20.9. The molecule has 1 atom stereocenters. The molecule has 4 nitrogen and oxygen atoms in total.